The molecule has 0 aromatic heterocycles. The number of fused-ring (bicyclic) bond motifs is 1. The zero-order chi connectivity index (χ0) is 26.5. The standard InChI is InChI=1S/C25H15Cl5N2O4/c1-11-7-9-13(10-8-11)22(33)12(2)31(23(34)14-5-3-4-6-15(14)26)32-24(35)16-17(25(32)36)19(28)21(30)20(29)18(16)27/h3-10,12H,1-2H3/t12-/m0/s1. The number of carbonyl (C=O) groups excluding carboxylic acids is 4. The lowest BCUT2D eigenvalue weighted by Crippen LogP contribution is -2.56. The lowest BCUT2D eigenvalue weighted by molar-refractivity contribution is -0.00679. The van der Waals surface area contributed by atoms with E-state index in [1.54, 1.807) is 36.4 Å². The zero-order valence-corrected chi connectivity index (χ0v) is 22.4. The number of aryl methyl sites for hydroxylation is 1. The number of nitrogens with zero attached hydrogens (tertiary/aromatic N) is 2. The molecule has 1 aliphatic heterocycles. The van der Waals surface area contributed by atoms with E-state index >= 15 is 0 Å². The largest absolute Gasteiger partial charge is 0.292 e. The van der Waals surface area contributed by atoms with Gasteiger partial charge in [-0.2, -0.15) is 5.01 Å². The zero-order valence-electron chi connectivity index (χ0n) is 18.6. The molecule has 1 aliphatic rings. The Labute approximate surface area is 231 Å². The van der Waals surface area contributed by atoms with Gasteiger partial charge >= 0.3 is 0 Å². The molecule has 11 heteroatoms. The highest BCUT2D eigenvalue weighted by atomic mass is 35.5. The molecule has 4 rings (SSSR count). The van der Waals surface area contributed by atoms with Crippen molar-refractivity contribution in [2.24, 2.45) is 0 Å². The maximum atomic E-state index is 13.8. The Bertz CT molecular complexity index is 1410. The van der Waals surface area contributed by atoms with E-state index in [0.29, 0.717) is 5.01 Å². The van der Waals surface area contributed by atoms with E-state index in [1.165, 1.54) is 19.1 Å². The van der Waals surface area contributed by atoms with E-state index in [1.807, 2.05) is 6.92 Å². The minimum absolute atomic E-state index is 0.0347. The van der Waals surface area contributed by atoms with Crippen molar-refractivity contribution in [3.05, 3.63) is 101 Å². The van der Waals surface area contributed by atoms with Gasteiger partial charge in [-0.25, -0.2) is 5.01 Å². The van der Waals surface area contributed by atoms with Crippen molar-refractivity contribution in [2.45, 2.75) is 19.9 Å². The molecular weight excluding hydrogens is 570 g/mol. The molecule has 0 fully saturated rings. The molecule has 3 amide bonds. The molecule has 184 valence electrons. The van der Waals surface area contributed by atoms with Gasteiger partial charge < -0.3 is 0 Å². The Morgan fingerprint density at radius 1 is 0.778 bits per heavy atom. The third-order valence-electron chi connectivity index (χ3n) is 5.69. The molecular formula is C25H15Cl5N2O4. The van der Waals surface area contributed by atoms with E-state index < -0.39 is 29.5 Å². The number of hydrogen-bond donors (Lipinski definition) is 0. The van der Waals surface area contributed by atoms with Crippen molar-refractivity contribution in [2.75, 3.05) is 0 Å². The molecule has 0 saturated heterocycles. The minimum atomic E-state index is -1.32. The van der Waals surface area contributed by atoms with E-state index in [-0.39, 0.29) is 47.4 Å². The minimum Gasteiger partial charge on any atom is -0.292 e. The highest BCUT2D eigenvalue weighted by molar-refractivity contribution is 6.55. The Kier molecular flexibility index (Phi) is 7.37. The second kappa shape index (κ2) is 10.0. The molecule has 0 aliphatic carbocycles. The maximum Gasteiger partial charge on any atom is 0.282 e. The van der Waals surface area contributed by atoms with Crippen LogP contribution < -0.4 is 0 Å². The fourth-order valence-corrected chi connectivity index (χ4v) is 5.03. The van der Waals surface area contributed by atoms with Crippen LogP contribution in [0.5, 0.6) is 0 Å². The highest BCUT2D eigenvalue weighted by Crippen LogP contribution is 2.45. The number of imide groups is 1. The van der Waals surface area contributed by atoms with Gasteiger partial charge in [-0.15, -0.1) is 0 Å². The van der Waals surface area contributed by atoms with Crippen molar-refractivity contribution in [1.82, 2.24) is 10.0 Å². The highest BCUT2D eigenvalue weighted by Gasteiger charge is 2.48. The molecule has 36 heavy (non-hydrogen) atoms. The van der Waals surface area contributed by atoms with E-state index in [2.05, 4.69) is 0 Å². The van der Waals surface area contributed by atoms with Gasteiger partial charge in [-0.05, 0) is 26.0 Å². The fourth-order valence-electron chi connectivity index (χ4n) is 3.80. The number of ketones is 1. The van der Waals surface area contributed by atoms with Crippen LogP contribution >= 0.6 is 58.0 Å². The van der Waals surface area contributed by atoms with Crippen LogP contribution in [0.4, 0.5) is 0 Å². The fraction of sp³-hybridized carbons (Fsp3) is 0.120. The number of halogens is 5. The number of hydrazine groups is 1. The average Bonchev–Trinajstić information content (AvgIpc) is 3.12. The van der Waals surface area contributed by atoms with Crippen molar-refractivity contribution in [1.29, 1.82) is 0 Å². The average molecular weight is 585 g/mol. The van der Waals surface area contributed by atoms with Crippen LogP contribution in [-0.4, -0.2) is 39.6 Å². The first-order valence-corrected chi connectivity index (χ1v) is 12.3. The summed E-state index contributed by atoms with van der Waals surface area (Å²) in [6, 6.07) is 11.3. The second-order valence-corrected chi connectivity index (χ2v) is 9.88. The molecule has 0 bridgehead atoms. The number of rotatable bonds is 5. The summed E-state index contributed by atoms with van der Waals surface area (Å²) < 4.78 is 0. The van der Waals surface area contributed by atoms with Crippen LogP contribution in [0.15, 0.2) is 48.5 Å². The Hall–Kier alpha value is -2.61. The van der Waals surface area contributed by atoms with E-state index in [9.17, 15) is 19.2 Å². The molecule has 0 radical (unpaired) electrons. The maximum absolute atomic E-state index is 13.8. The molecule has 1 heterocycles. The molecule has 0 spiro atoms. The van der Waals surface area contributed by atoms with Crippen molar-refractivity contribution >= 4 is 81.5 Å². The van der Waals surface area contributed by atoms with Crippen molar-refractivity contribution < 1.29 is 19.2 Å². The van der Waals surface area contributed by atoms with Crippen LogP contribution in [-0.2, 0) is 0 Å². The summed E-state index contributed by atoms with van der Waals surface area (Å²) in [5.41, 5.74) is 0.499. The Morgan fingerprint density at radius 2 is 1.28 bits per heavy atom. The van der Waals surface area contributed by atoms with Gasteiger partial charge in [0.25, 0.3) is 17.7 Å². The monoisotopic (exact) mass is 582 g/mol. The number of hydrogen-bond acceptors (Lipinski definition) is 4. The van der Waals surface area contributed by atoms with E-state index in [4.69, 9.17) is 58.0 Å². The predicted molar refractivity (Wildman–Crippen MR) is 140 cm³/mol. The van der Waals surface area contributed by atoms with Crippen LogP contribution in [0, 0.1) is 6.92 Å². The third-order valence-corrected chi connectivity index (χ3v) is 7.82. The van der Waals surface area contributed by atoms with E-state index in [0.717, 1.165) is 10.6 Å². The van der Waals surface area contributed by atoms with Crippen LogP contribution in [0.25, 0.3) is 0 Å². The summed E-state index contributed by atoms with van der Waals surface area (Å²) in [7, 11) is 0. The van der Waals surface area contributed by atoms with Crippen molar-refractivity contribution in [3.8, 4) is 0 Å². The molecule has 3 aromatic carbocycles. The number of amides is 3. The van der Waals surface area contributed by atoms with Crippen LogP contribution in [0.2, 0.25) is 25.1 Å². The van der Waals surface area contributed by atoms with Gasteiger partial charge in [0.2, 0.25) is 0 Å². The first-order chi connectivity index (χ1) is 17.0. The number of Topliss-reactive ketones (excluding diaryl/α,β-unsaturated/α-hetero) is 1. The molecule has 3 aromatic rings. The van der Waals surface area contributed by atoms with Crippen LogP contribution in [0.3, 0.4) is 0 Å². The summed E-state index contributed by atoms with van der Waals surface area (Å²) in [5.74, 6) is -3.39. The summed E-state index contributed by atoms with van der Waals surface area (Å²) in [4.78, 5) is 54.3. The van der Waals surface area contributed by atoms with Gasteiger partial charge in [0.1, 0.15) is 6.04 Å². The Balaban J connectivity index is 1.88. The van der Waals surface area contributed by atoms with Crippen LogP contribution in [0.1, 0.15) is 53.9 Å². The van der Waals surface area contributed by atoms with Gasteiger partial charge in [0.15, 0.2) is 5.78 Å². The molecule has 6 nitrogen and oxygen atoms in total. The number of carbonyl (C=O) groups is 4. The van der Waals surface area contributed by atoms with Gasteiger partial charge in [-0.3, -0.25) is 19.2 Å². The molecule has 0 unspecified atom stereocenters. The Morgan fingerprint density at radius 3 is 1.78 bits per heavy atom. The topological polar surface area (TPSA) is 74.8 Å². The normalized spacial score (nSPS) is 13.6. The summed E-state index contributed by atoms with van der Waals surface area (Å²) in [6.45, 7) is 3.25. The third kappa shape index (κ3) is 4.27. The molecule has 0 saturated carbocycles. The lowest BCUT2D eigenvalue weighted by atomic mass is 10.0. The second-order valence-electron chi connectivity index (χ2n) is 7.96. The molecule has 1 atom stereocenters. The SMILES string of the molecule is Cc1ccc(C(=O)[C@H](C)N(C(=O)c2ccccc2Cl)N2C(=O)c3c(Cl)c(Cl)c(Cl)c(Cl)c3C2=O)cc1. The lowest BCUT2D eigenvalue weighted by Gasteiger charge is -2.34. The van der Waals surface area contributed by atoms with Gasteiger partial charge in [0.05, 0.1) is 41.8 Å². The summed E-state index contributed by atoms with van der Waals surface area (Å²) >= 11 is 31.0. The quantitative estimate of drug-likeness (QED) is 0.138. The predicted octanol–water partition coefficient (Wildman–Crippen LogP) is 7.19. The molecule has 0 N–H and O–H groups in total. The first-order valence-electron chi connectivity index (χ1n) is 10.4. The summed E-state index contributed by atoms with van der Waals surface area (Å²) in [5, 5.41) is 0.283. The van der Waals surface area contributed by atoms with Gasteiger partial charge in [0, 0.05) is 5.56 Å². The summed E-state index contributed by atoms with van der Waals surface area (Å²) in [6.07, 6.45) is 0. The first kappa shape index (κ1) is 26.5. The van der Waals surface area contributed by atoms with Crippen molar-refractivity contribution in [3.63, 3.8) is 0 Å². The number of benzene rings is 3. The van der Waals surface area contributed by atoms with Gasteiger partial charge in [-0.1, -0.05) is 100.0 Å². The smallest absolute Gasteiger partial charge is 0.282 e.